The number of nitrogens with one attached hydrogen (secondary N) is 1. The van der Waals surface area contributed by atoms with Crippen LogP contribution in [0.4, 0.5) is 5.82 Å². The van der Waals surface area contributed by atoms with Crippen molar-refractivity contribution in [1.82, 2.24) is 10.2 Å². The smallest absolute Gasteiger partial charge is 0.329 e. The first kappa shape index (κ1) is 12.7. The number of carboxylic acid groups (broad SMARTS) is 1. The molecule has 1 aromatic heterocycles. The molecule has 0 fully saturated rings. The van der Waals surface area contributed by atoms with E-state index in [0.717, 1.165) is 6.42 Å². The lowest BCUT2D eigenvalue weighted by atomic mass is 9.96. The van der Waals surface area contributed by atoms with E-state index < -0.39 is 11.5 Å². The van der Waals surface area contributed by atoms with E-state index in [-0.39, 0.29) is 5.15 Å². The maximum absolute atomic E-state index is 11.1. The second kappa shape index (κ2) is 5.12. The average molecular weight is 244 g/mol. The Hall–Kier alpha value is -1.36. The molecule has 0 spiro atoms. The fourth-order valence-corrected chi connectivity index (χ4v) is 1.49. The molecule has 2 N–H and O–H groups in total. The number of carbonyl (C=O) groups is 1. The highest BCUT2D eigenvalue weighted by atomic mass is 35.5. The largest absolute Gasteiger partial charge is 0.480 e. The summed E-state index contributed by atoms with van der Waals surface area (Å²) in [6, 6.07) is 3.16. The first-order chi connectivity index (χ1) is 7.48. The highest BCUT2D eigenvalue weighted by Gasteiger charge is 2.32. The number of rotatable bonds is 5. The average Bonchev–Trinajstić information content (AvgIpc) is 2.22. The lowest BCUT2D eigenvalue weighted by molar-refractivity contribution is -0.142. The van der Waals surface area contributed by atoms with Crippen molar-refractivity contribution < 1.29 is 9.90 Å². The summed E-state index contributed by atoms with van der Waals surface area (Å²) in [5.41, 5.74) is -1.03. The van der Waals surface area contributed by atoms with Gasteiger partial charge in [-0.2, -0.15) is 0 Å². The van der Waals surface area contributed by atoms with Crippen LogP contribution >= 0.6 is 11.6 Å². The first-order valence-corrected chi connectivity index (χ1v) is 5.36. The monoisotopic (exact) mass is 243 g/mol. The van der Waals surface area contributed by atoms with Gasteiger partial charge in [0, 0.05) is 0 Å². The molecule has 1 heterocycles. The second-order valence-corrected chi connectivity index (χ2v) is 4.14. The van der Waals surface area contributed by atoms with Gasteiger partial charge in [0.25, 0.3) is 0 Å². The number of aliphatic carboxylic acids is 1. The quantitative estimate of drug-likeness (QED) is 0.829. The molecule has 1 atom stereocenters. The number of halogens is 1. The van der Waals surface area contributed by atoms with Gasteiger partial charge in [-0.25, -0.2) is 4.79 Å². The van der Waals surface area contributed by atoms with Crippen molar-refractivity contribution in [3.8, 4) is 0 Å². The van der Waals surface area contributed by atoms with Crippen LogP contribution in [0.15, 0.2) is 12.1 Å². The van der Waals surface area contributed by atoms with E-state index in [1.165, 1.54) is 0 Å². The molecule has 0 saturated carbocycles. The van der Waals surface area contributed by atoms with Gasteiger partial charge in [0.05, 0.1) is 0 Å². The van der Waals surface area contributed by atoms with Crippen LogP contribution in [0.3, 0.4) is 0 Å². The Morgan fingerprint density at radius 2 is 2.25 bits per heavy atom. The van der Waals surface area contributed by atoms with Gasteiger partial charge in [0.15, 0.2) is 5.15 Å². The molecular weight excluding hydrogens is 230 g/mol. The highest BCUT2D eigenvalue weighted by molar-refractivity contribution is 6.29. The fourth-order valence-electron chi connectivity index (χ4n) is 1.39. The van der Waals surface area contributed by atoms with Gasteiger partial charge in [0.1, 0.15) is 11.4 Å². The third-order valence-corrected chi connectivity index (χ3v) is 2.46. The molecule has 0 amide bonds. The SMILES string of the molecule is CCCC(C)(Nc1ccc(Cl)nn1)C(=O)O. The normalized spacial score (nSPS) is 14.2. The van der Waals surface area contributed by atoms with Gasteiger partial charge in [-0.15, -0.1) is 10.2 Å². The van der Waals surface area contributed by atoms with Crippen molar-refractivity contribution in [3.63, 3.8) is 0 Å². The zero-order valence-electron chi connectivity index (χ0n) is 9.20. The van der Waals surface area contributed by atoms with Crippen molar-refractivity contribution in [2.45, 2.75) is 32.2 Å². The van der Waals surface area contributed by atoms with Crippen LogP contribution in [0, 0.1) is 0 Å². The van der Waals surface area contributed by atoms with E-state index in [0.29, 0.717) is 12.2 Å². The van der Waals surface area contributed by atoms with Crippen LogP contribution in [0.25, 0.3) is 0 Å². The van der Waals surface area contributed by atoms with Crippen molar-refractivity contribution in [2.24, 2.45) is 0 Å². The molecule has 0 bridgehead atoms. The number of aromatic nitrogens is 2. The Balaban J connectivity index is 2.83. The van der Waals surface area contributed by atoms with Crippen LogP contribution in [-0.2, 0) is 4.79 Å². The molecule has 0 aliphatic rings. The summed E-state index contributed by atoms with van der Waals surface area (Å²) in [6.07, 6.45) is 1.27. The molecule has 16 heavy (non-hydrogen) atoms. The molecule has 6 heteroatoms. The molecule has 5 nitrogen and oxygen atoms in total. The Bertz CT molecular complexity index is 369. The predicted molar refractivity (Wildman–Crippen MR) is 61.6 cm³/mol. The first-order valence-electron chi connectivity index (χ1n) is 4.99. The van der Waals surface area contributed by atoms with Gasteiger partial charge >= 0.3 is 5.97 Å². The van der Waals surface area contributed by atoms with Gasteiger partial charge in [0.2, 0.25) is 0 Å². The Morgan fingerprint density at radius 1 is 1.56 bits per heavy atom. The summed E-state index contributed by atoms with van der Waals surface area (Å²) in [5, 5.41) is 19.7. The molecule has 0 aromatic carbocycles. The van der Waals surface area contributed by atoms with Crippen molar-refractivity contribution >= 4 is 23.4 Å². The molecule has 0 aliphatic heterocycles. The number of carboxylic acids is 1. The molecular formula is C10H14ClN3O2. The highest BCUT2D eigenvalue weighted by Crippen LogP contribution is 2.19. The van der Waals surface area contributed by atoms with Crippen LogP contribution < -0.4 is 5.32 Å². The lowest BCUT2D eigenvalue weighted by Crippen LogP contribution is -2.43. The summed E-state index contributed by atoms with van der Waals surface area (Å²) in [6.45, 7) is 3.55. The van der Waals surface area contributed by atoms with Gasteiger partial charge in [-0.1, -0.05) is 24.9 Å². The lowest BCUT2D eigenvalue weighted by Gasteiger charge is -2.25. The number of nitrogens with zero attached hydrogens (tertiary/aromatic N) is 2. The summed E-state index contributed by atoms with van der Waals surface area (Å²) in [5.74, 6) is -0.506. The van der Waals surface area contributed by atoms with Gasteiger partial charge < -0.3 is 10.4 Å². The summed E-state index contributed by atoms with van der Waals surface area (Å²) in [7, 11) is 0. The topological polar surface area (TPSA) is 75.1 Å². The molecule has 1 unspecified atom stereocenters. The third kappa shape index (κ3) is 3.06. The maximum atomic E-state index is 11.1. The number of hydrogen-bond acceptors (Lipinski definition) is 4. The number of hydrogen-bond donors (Lipinski definition) is 2. The van der Waals surface area contributed by atoms with Crippen molar-refractivity contribution in [1.29, 1.82) is 0 Å². The standard InChI is InChI=1S/C10H14ClN3O2/c1-3-6-10(2,9(15)16)12-8-5-4-7(11)13-14-8/h4-5H,3,6H2,1-2H3,(H,12,14)(H,15,16). The Morgan fingerprint density at radius 3 is 2.69 bits per heavy atom. The maximum Gasteiger partial charge on any atom is 0.329 e. The zero-order chi connectivity index (χ0) is 12.2. The predicted octanol–water partition coefficient (Wildman–Crippen LogP) is 2.19. The van der Waals surface area contributed by atoms with Crippen LogP contribution in [-0.4, -0.2) is 26.8 Å². The summed E-state index contributed by atoms with van der Waals surface area (Å²) in [4.78, 5) is 11.1. The summed E-state index contributed by atoms with van der Waals surface area (Å²) < 4.78 is 0. The van der Waals surface area contributed by atoms with Gasteiger partial charge in [-0.05, 0) is 25.5 Å². The molecule has 88 valence electrons. The Labute approximate surface area is 98.8 Å². The molecule has 1 rings (SSSR count). The van der Waals surface area contributed by atoms with Crippen molar-refractivity contribution in [2.75, 3.05) is 5.32 Å². The van der Waals surface area contributed by atoms with Crippen molar-refractivity contribution in [3.05, 3.63) is 17.3 Å². The minimum absolute atomic E-state index is 0.276. The van der Waals surface area contributed by atoms with Crippen LogP contribution in [0.5, 0.6) is 0 Å². The van der Waals surface area contributed by atoms with E-state index in [1.54, 1.807) is 19.1 Å². The van der Waals surface area contributed by atoms with E-state index in [4.69, 9.17) is 16.7 Å². The van der Waals surface area contributed by atoms with Gasteiger partial charge in [-0.3, -0.25) is 0 Å². The van der Waals surface area contributed by atoms with Crippen LogP contribution in [0.2, 0.25) is 5.15 Å². The van der Waals surface area contributed by atoms with E-state index in [1.807, 2.05) is 6.92 Å². The second-order valence-electron chi connectivity index (χ2n) is 3.75. The van der Waals surface area contributed by atoms with E-state index >= 15 is 0 Å². The molecule has 1 aromatic rings. The number of anilines is 1. The minimum Gasteiger partial charge on any atom is -0.480 e. The van der Waals surface area contributed by atoms with E-state index in [2.05, 4.69) is 15.5 Å². The molecule has 0 saturated heterocycles. The third-order valence-electron chi connectivity index (χ3n) is 2.26. The zero-order valence-corrected chi connectivity index (χ0v) is 9.95. The summed E-state index contributed by atoms with van der Waals surface area (Å²) >= 11 is 5.59. The molecule has 0 aliphatic carbocycles. The Kier molecular flexibility index (Phi) is 4.06. The van der Waals surface area contributed by atoms with Crippen LogP contribution in [0.1, 0.15) is 26.7 Å². The van der Waals surface area contributed by atoms with E-state index in [9.17, 15) is 4.79 Å². The molecule has 0 radical (unpaired) electrons. The minimum atomic E-state index is -1.03. The fraction of sp³-hybridized carbons (Fsp3) is 0.500.